The lowest BCUT2D eigenvalue weighted by molar-refractivity contribution is 0.106. The molecule has 0 spiro atoms. The van der Waals surface area contributed by atoms with Gasteiger partial charge in [0.05, 0.1) is 11.4 Å². The second-order valence-corrected chi connectivity index (χ2v) is 11.1. The third kappa shape index (κ3) is 8.75. The highest BCUT2D eigenvalue weighted by Crippen LogP contribution is 2.37. The smallest absolute Gasteiger partial charge is 0.208 e. The van der Waals surface area contributed by atoms with Crippen LogP contribution in [0.25, 0.3) is 22.3 Å². The van der Waals surface area contributed by atoms with Gasteiger partial charge in [0.15, 0.2) is 0 Å². The van der Waals surface area contributed by atoms with E-state index >= 15 is 0 Å². The Morgan fingerprint density at radius 2 is 1.22 bits per heavy atom. The van der Waals surface area contributed by atoms with Crippen molar-refractivity contribution in [3.63, 3.8) is 0 Å². The fourth-order valence-electron chi connectivity index (χ4n) is 4.54. The predicted molar refractivity (Wildman–Crippen MR) is 179 cm³/mol. The van der Waals surface area contributed by atoms with E-state index in [1.165, 1.54) is 12.1 Å². The molecule has 228 valence electrons. The number of benzene rings is 4. The standard InChI is InChI=1S/C18H16ClFN2O.C18H14ClFN2/c1-12(11-15-5-3-4-6-17(15)20)21-22-13(2)18(23)14-7-9-16(19)10-8-14;1-11-17(13-7-9-14(19)10-8-13)18(12(2)22-21-11)15-5-3-4-6-16(15)20/h3-10H,11H2,1-2H3;3-10H,1-2H3/b21-12-,22-13-;. The van der Waals surface area contributed by atoms with Crippen molar-refractivity contribution in [3.05, 3.63) is 141 Å². The van der Waals surface area contributed by atoms with Gasteiger partial charge < -0.3 is 0 Å². The number of nitrogens with zero attached hydrogens (tertiary/aromatic N) is 4. The third-order valence-corrected chi connectivity index (χ3v) is 7.31. The number of hydrogen-bond acceptors (Lipinski definition) is 5. The highest BCUT2D eigenvalue weighted by atomic mass is 35.5. The Hall–Kier alpha value is -4.59. The van der Waals surface area contributed by atoms with E-state index in [4.69, 9.17) is 23.2 Å². The second-order valence-electron chi connectivity index (χ2n) is 10.2. The molecule has 0 N–H and O–H groups in total. The summed E-state index contributed by atoms with van der Waals surface area (Å²) in [7, 11) is 0. The van der Waals surface area contributed by atoms with Crippen LogP contribution in [0.5, 0.6) is 0 Å². The summed E-state index contributed by atoms with van der Waals surface area (Å²) < 4.78 is 27.9. The first kappa shape index (κ1) is 33.3. The van der Waals surface area contributed by atoms with Gasteiger partial charge in [-0.3, -0.25) is 4.79 Å². The maximum atomic E-state index is 14.3. The van der Waals surface area contributed by atoms with E-state index in [1.807, 2.05) is 44.2 Å². The predicted octanol–water partition coefficient (Wildman–Crippen LogP) is 9.96. The average molecular weight is 644 g/mol. The number of halogens is 4. The van der Waals surface area contributed by atoms with Crippen LogP contribution in [0.4, 0.5) is 8.78 Å². The minimum atomic E-state index is -0.278. The molecule has 5 nitrogen and oxygen atoms in total. The van der Waals surface area contributed by atoms with Crippen molar-refractivity contribution in [2.75, 3.05) is 0 Å². The molecule has 0 saturated heterocycles. The molecular weight excluding hydrogens is 613 g/mol. The third-order valence-electron chi connectivity index (χ3n) is 6.81. The number of ketones is 1. The van der Waals surface area contributed by atoms with E-state index in [9.17, 15) is 13.6 Å². The molecule has 4 aromatic carbocycles. The van der Waals surface area contributed by atoms with Crippen molar-refractivity contribution in [1.29, 1.82) is 0 Å². The van der Waals surface area contributed by atoms with Gasteiger partial charge in [0.2, 0.25) is 5.78 Å². The first-order valence-corrected chi connectivity index (χ1v) is 14.8. The molecule has 0 aliphatic rings. The molecule has 0 amide bonds. The van der Waals surface area contributed by atoms with Gasteiger partial charge in [-0.25, -0.2) is 8.78 Å². The first-order valence-electron chi connectivity index (χ1n) is 14.0. The van der Waals surface area contributed by atoms with Gasteiger partial charge in [-0.2, -0.15) is 20.4 Å². The highest BCUT2D eigenvalue weighted by Gasteiger charge is 2.18. The molecule has 0 aliphatic carbocycles. The maximum absolute atomic E-state index is 14.3. The van der Waals surface area contributed by atoms with Crippen LogP contribution in [0.15, 0.2) is 107 Å². The summed E-state index contributed by atoms with van der Waals surface area (Å²) in [6.45, 7) is 7.06. The molecule has 45 heavy (non-hydrogen) atoms. The fourth-order valence-corrected chi connectivity index (χ4v) is 4.80. The first-order chi connectivity index (χ1) is 21.5. The topological polar surface area (TPSA) is 67.6 Å². The lowest BCUT2D eigenvalue weighted by Crippen LogP contribution is -2.10. The number of hydrogen-bond donors (Lipinski definition) is 0. The average Bonchev–Trinajstić information content (AvgIpc) is 3.03. The van der Waals surface area contributed by atoms with Gasteiger partial charge in [-0.05, 0) is 87.4 Å². The number of carbonyl (C=O) groups excluding carboxylic acids is 1. The van der Waals surface area contributed by atoms with Gasteiger partial charge in [0.1, 0.15) is 17.3 Å². The summed E-state index contributed by atoms with van der Waals surface area (Å²) in [6.07, 6.45) is 0.346. The summed E-state index contributed by atoms with van der Waals surface area (Å²) in [5.74, 6) is -0.766. The lowest BCUT2D eigenvalue weighted by Gasteiger charge is -2.15. The van der Waals surface area contributed by atoms with Crippen LogP contribution in [0.1, 0.15) is 41.2 Å². The minimum absolute atomic E-state index is 0.218. The van der Waals surface area contributed by atoms with Crippen LogP contribution in [-0.4, -0.2) is 27.4 Å². The van der Waals surface area contributed by atoms with Crippen molar-refractivity contribution in [2.45, 2.75) is 34.1 Å². The van der Waals surface area contributed by atoms with E-state index < -0.39 is 0 Å². The van der Waals surface area contributed by atoms with E-state index in [0.717, 1.165) is 22.4 Å². The quantitative estimate of drug-likeness (QED) is 0.101. The van der Waals surface area contributed by atoms with Crippen molar-refractivity contribution in [2.24, 2.45) is 10.2 Å². The molecule has 1 heterocycles. The number of carbonyl (C=O) groups is 1. The van der Waals surface area contributed by atoms with Gasteiger partial charge in [-0.1, -0.05) is 71.7 Å². The summed E-state index contributed by atoms with van der Waals surface area (Å²) in [5.41, 5.74) is 6.51. The Balaban J connectivity index is 0.000000205. The van der Waals surface area contributed by atoms with Crippen LogP contribution in [0, 0.1) is 25.5 Å². The molecule has 0 fully saturated rings. The summed E-state index contributed by atoms with van der Waals surface area (Å²) in [4.78, 5) is 12.2. The molecule has 0 bridgehead atoms. The molecule has 5 aromatic rings. The molecular formula is C36H30Cl2F2N4O. The zero-order valence-corrected chi connectivity index (χ0v) is 26.7. The van der Waals surface area contributed by atoms with Gasteiger partial charge >= 0.3 is 0 Å². The van der Waals surface area contributed by atoms with E-state index in [-0.39, 0.29) is 23.1 Å². The van der Waals surface area contributed by atoms with Gasteiger partial charge in [0, 0.05) is 44.4 Å². The Kier molecular flexibility index (Phi) is 11.4. The zero-order valence-electron chi connectivity index (χ0n) is 25.2. The van der Waals surface area contributed by atoms with Crippen molar-refractivity contribution in [1.82, 2.24) is 10.2 Å². The molecule has 5 rings (SSSR count). The number of rotatable bonds is 7. The van der Waals surface area contributed by atoms with Crippen LogP contribution in [-0.2, 0) is 6.42 Å². The van der Waals surface area contributed by atoms with Gasteiger partial charge in [0.25, 0.3) is 0 Å². The minimum Gasteiger partial charge on any atom is -0.287 e. The van der Waals surface area contributed by atoms with Gasteiger partial charge in [-0.15, -0.1) is 0 Å². The Morgan fingerprint density at radius 1 is 0.689 bits per heavy atom. The lowest BCUT2D eigenvalue weighted by atomic mass is 9.92. The fraction of sp³-hybridized carbons (Fsp3) is 0.139. The SMILES string of the molecule is C/C(Cc1ccccc1F)=N/N=C(/C)C(=O)c1ccc(Cl)cc1.Cc1nnc(C)c(-c2ccccc2F)c1-c1ccc(Cl)cc1. The maximum Gasteiger partial charge on any atom is 0.208 e. The molecule has 1 aromatic heterocycles. The molecule has 0 atom stereocenters. The van der Waals surface area contributed by atoms with Crippen LogP contribution < -0.4 is 0 Å². The molecule has 0 unspecified atom stereocenters. The Morgan fingerprint density at radius 3 is 1.82 bits per heavy atom. The van der Waals surface area contributed by atoms with Crippen molar-refractivity contribution in [3.8, 4) is 22.3 Å². The largest absolute Gasteiger partial charge is 0.287 e. The number of Topliss-reactive ketones (excluding diaryl/α,β-unsaturated/α-hetero) is 1. The molecule has 0 radical (unpaired) electrons. The zero-order chi connectivity index (χ0) is 32.5. The normalized spacial score (nSPS) is 11.6. The highest BCUT2D eigenvalue weighted by molar-refractivity contribution is 6.45. The monoisotopic (exact) mass is 642 g/mol. The summed E-state index contributed by atoms with van der Waals surface area (Å²) >= 11 is 11.8. The Bertz CT molecular complexity index is 1870. The second kappa shape index (κ2) is 15.4. The van der Waals surface area contributed by atoms with Crippen molar-refractivity contribution < 1.29 is 13.6 Å². The summed E-state index contributed by atoms with van der Waals surface area (Å²) in [6, 6.07) is 27.3. The van der Waals surface area contributed by atoms with Crippen LogP contribution in [0.3, 0.4) is 0 Å². The summed E-state index contributed by atoms with van der Waals surface area (Å²) in [5, 5.41) is 17.5. The molecule has 0 saturated carbocycles. The van der Waals surface area contributed by atoms with Crippen LogP contribution in [0.2, 0.25) is 10.0 Å². The van der Waals surface area contributed by atoms with E-state index in [1.54, 1.807) is 68.4 Å². The number of aryl methyl sites for hydroxylation is 2. The van der Waals surface area contributed by atoms with E-state index in [0.29, 0.717) is 44.6 Å². The Labute approximate surface area is 271 Å². The van der Waals surface area contributed by atoms with Crippen LogP contribution >= 0.6 is 23.2 Å². The molecule has 9 heteroatoms. The molecule has 0 aliphatic heterocycles. The van der Waals surface area contributed by atoms with E-state index in [2.05, 4.69) is 20.4 Å². The van der Waals surface area contributed by atoms with Crippen molar-refractivity contribution >= 4 is 40.4 Å². The number of aromatic nitrogens is 2.